The highest BCUT2D eigenvalue weighted by Gasteiger charge is 2.34. The Morgan fingerprint density at radius 3 is 2.48 bits per heavy atom. The number of alkyl halides is 3. The van der Waals surface area contributed by atoms with Gasteiger partial charge < -0.3 is 5.32 Å². The molecule has 2 N–H and O–H groups in total. The first-order valence-corrected chi connectivity index (χ1v) is 8.26. The van der Waals surface area contributed by atoms with Crippen LogP contribution in [0.15, 0.2) is 18.2 Å². The first-order chi connectivity index (χ1) is 9.65. The second-order valence-electron chi connectivity index (χ2n) is 4.36. The summed E-state index contributed by atoms with van der Waals surface area (Å²) in [7, 11) is -3.87. The van der Waals surface area contributed by atoms with Gasteiger partial charge in [-0.3, -0.25) is 4.72 Å². The summed E-state index contributed by atoms with van der Waals surface area (Å²) in [5.74, 6) is -0.313. The van der Waals surface area contributed by atoms with Gasteiger partial charge in [-0.1, -0.05) is 18.5 Å². The summed E-state index contributed by atoms with van der Waals surface area (Å²) in [6.07, 6.45) is -3.86. The van der Waals surface area contributed by atoms with Crippen molar-refractivity contribution in [1.29, 1.82) is 0 Å². The third kappa shape index (κ3) is 6.11. The molecule has 21 heavy (non-hydrogen) atoms. The first kappa shape index (κ1) is 18.1. The van der Waals surface area contributed by atoms with Crippen molar-refractivity contribution in [1.82, 2.24) is 5.32 Å². The second-order valence-corrected chi connectivity index (χ2v) is 6.64. The van der Waals surface area contributed by atoms with Crippen molar-refractivity contribution in [2.75, 3.05) is 23.6 Å². The van der Waals surface area contributed by atoms with Gasteiger partial charge in [0, 0.05) is 11.6 Å². The average molecular weight is 345 g/mol. The molecule has 0 aromatic heterocycles. The van der Waals surface area contributed by atoms with E-state index in [4.69, 9.17) is 11.6 Å². The summed E-state index contributed by atoms with van der Waals surface area (Å²) in [4.78, 5) is 0. The molecule has 0 aliphatic rings. The van der Waals surface area contributed by atoms with Crippen LogP contribution in [0.5, 0.6) is 0 Å². The number of hydrogen-bond donors (Lipinski definition) is 2. The van der Waals surface area contributed by atoms with Gasteiger partial charge in [0.25, 0.3) is 0 Å². The zero-order chi connectivity index (χ0) is 16.1. The van der Waals surface area contributed by atoms with Crippen molar-refractivity contribution < 1.29 is 21.6 Å². The lowest BCUT2D eigenvalue weighted by atomic mass is 10.2. The monoisotopic (exact) mass is 344 g/mol. The van der Waals surface area contributed by atoms with E-state index in [1.807, 2.05) is 11.6 Å². The fraction of sp³-hybridized carbons (Fsp3) is 0.500. The molecular weight excluding hydrogens is 329 g/mol. The van der Waals surface area contributed by atoms with Gasteiger partial charge in [0.15, 0.2) is 0 Å². The van der Waals surface area contributed by atoms with Crippen LogP contribution in [0.25, 0.3) is 0 Å². The Morgan fingerprint density at radius 2 is 1.90 bits per heavy atom. The maximum Gasteiger partial charge on any atom is 0.418 e. The van der Waals surface area contributed by atoms with Crippen molar-refractivity contribution in [3.63, 3.8) is 0 Å². The quantitative estimate of drug-likeness (QED) is 0.747. The molecule has 0 fully saturated rings. The number of benzene rings is 1. The van der Waals surface area contributed by atoms with Crippen LogP contribution < -0.4 is 10.0 Å². The molecular formula is C12H16ClF3N2O2S. The molecule has 1 aromatic rings. The summed E-state index contributed by atoms with van der Waals surface area (Å²) >= 11 is 5.53. The minimum Gasteiger partial charge on any atom is -0.316 e. The molecule has 0 spiro atoms. The van der Waals surface area contributed by atoms with E-state index in [0.717, 1.165) is 12.5 Å². The molecule has 0 atom stereocenters. The summed E-state index contributed by atoms with van der Waals surface area (Å²) < 4.78 is 64.1. The van der Waals surface area contributed by atoms with Crippen molar-refractivity contribution in [2.24, 2.45) is 0 Å². The highest BCUT2D eigenvalue weighted by Crippen LogP contribution is 2.36. The second kappa shape index (κ2) is 7.33. The third-order valence-electron chi connectivity index (χ3n) is 2.53. The molecule has 0 bridgehead atoms. The van der Waals surface area contributed by atoms with Crippen molar-refractivity contribution in [3.8, 4) is 0 Å². The molecule has 0 aliphatic carbocycles. The number of anilines is 1. The molecule has 0 amide bonds. The fourth-order valence-corrected chi connectivity index (χ4v) is 2.77. The van der Waals surface area contributed by atoms with Gasteiger partial charge >= 0.3 is 6.18 Å². The van der Waals surface area contributed by atoms with Crippen LogP contribution in [0.2, 0.25) is 5.02 Å². The molecule has 9 heteroatoms. The van der Waals surface area contributed by atoms with Crippen LogP contribution in [0.4, 0.5) is 18.9 Å². The molecule has 0 aliphatic heterocycles. The highest BCUT2D eigenvalue weighted by atomic mass is 35.5. The average Bonchev–Trinajstić information content (AvgIpc) is 2.35. The molecule has 120 valence electrons. The van der Waals surface area contributed by atoms with Gasteiger partial charge in [-0.2, -0.15) is 13.2 Å². The number of sulfonamides is 1. The smallest absolute Gasteiger partial charge is 0.316 e. The van der Waals surface area contributed by atoms with Crippen molar-refractivity contribution in [2.45, 2.75) is 19.5 Å². The number of halogens is 4. The molecule has 4 nitrogen and oxygen atoms in total. The van der Waals surface area contributed by atoms with Crippen LogP contribution in [-0.4, -0.2) is 27.3 Å². The minimum atomic E-state index is -4.69. The van der Waals surface area contributed by atoms with Crippen LogP contribution in [-0.2, 0) is 16.2 Å². The minimum absolute atomic E-state index is 0.116. The highest BCUT2D eigenvalue weighted by molar-refractivity contribution is 7.92. The summed E-state index contributed by atoms with van der Waals surface area (Å²) in [6.45, 7) is 2.73. The predicted molar refractivity (Wildman–Crippen MR) is 77.0 cm³/mol. The summed E-state index contributed by atoms with van der Waals surface area (Å²) in [6, 6.07) is 2.89. The van der Waals surface area contributed by atoms with Gasteiger partial charge in [-0.25, -0.2) is 8.42 Å². The van der Waals surface area contributed by atoms with Gasteiger partial charge in [0.1, 0.15) is 0 Å². The van der Waals surface area contributed by atoms with Crippen LogP contribution >= 0.6 is 11.6 Å². The van der Waals surface area contributed by atoms with Crippen LogP contribution in [0.3, 0.4) is 0 Å². The lowest BCUT2D eigenvalue weighted by Crippen LogP contribution is -2.28. The van der Waals surface area contributed by atoms with E-state index in [2.05, 4.69) is 5.32 Å². The Hall–Kier alpha value is -0.990. The molecule has 0 unspecified atom stereocenters. The maximum absolute atomic E-state index is 12.9. The zero-order valence-corrected chi connectivity index (χ0v) is 12.9. The van der Waals surface area contributed by atoms with Gasteiger partial charge in [0.2, 0.25) is 10.0 Å². The predicted octanol–water partition coefficient (Wildman–Crippen LogP) is 3.10. The lowest BCUT2D eigenvalue weighted by molar-refractivity contribution is -0.136. The Bertz CT molecular complexity index is 576. The lowest BCUT2D eigenvalue weighted by Gasteiger charge is -2.15. The number of nitrogens with one attached hydrogen (secondary N) is 2. The van der Waals surface area contributed by atoms with E-state index in [9.17, 15) is 21.6 Å². The van der Waals surface area contributed by atoms with E-state index in [-0.39, 0.29) is 17.3 Å². The Kier molecular flexibility index (Phi) is 6.30. The topological polar surface area (TPSA) is 58.2 Å². The molecule has 0 heterocycles. The van der Waals surface area contributed by atoms with E-state index < -0.39 is 27.5 Å². The standard InChI is InChI=1S/C12H16ClF3N2O2S/c1-2-5-17-6-7-21(19,20)18-11-4-3-9(13)8-10(11)12(14,15)16/h3-4,8,17-18H,2,5-7H2,1H3. The SMILES string of the molecule is CCCNCCS(=O)(=O)Nc1ccc(Cl)cc1C(F)(F)F. The van der Waals surface area contributed by atoms with E-state index in [1.165, 1.54) is 6.07 Å². The van der Waals surface area contributed by atoms with Gasteiger partial charge in [-0.15, -0.1) is 0 Å². The van der Waals surface area contributed by atoms with Gasteiger partial charge in [0.05, 0.1) is 17.0 Å². The maximum atomic E-state index is 12.9. The van der Waals surface area contributed by atoms with E-state index in [0.29, 0.717) is 12.6 Å². The fourth-order valence-electron chi connectivity index (χ4n) is 1.57. The summed E-state index contributed by atoms with van der Waals surface area (Å²) in [5.41, 5.74) is -1.64. The molecule has 0 radical (unpaired) electrons. The van der Waals surface area contributed by atoms with Gasteiger partial charge in [-0.05, 0) is 31.2 Å². The Morgan fingerprint density at radius 1 is 1.24 bits per heavy atom. The van der Waals surface area contributed by atoms with Crippen LogP contribution in [0.1, 0.15) is 18.9 Å². The van der Waals surface area contributed by atoms with E-state index >= 15 is 0 Å². The largest absolute Gasteiger partial charge is 0.418 e. The number of hydrogen-bond acceptors (Lipinski definition) is 3. The van der Waals surface area contributed by atoms with Crippen LogP contribution in [0, 0.1) is 0 Å². The molecule has 0 saturated heterocycles. The number of rotatable bonds is 7. The Balaban J connectivity index is 2.87. The Labute approximate surface area is 126 Å². The normalized spacial score (nSPS) is 12.4. The molecule has 0 saturated carbocycles. The molecule has 1 rings (SSSR count). The zero-order valence-electron chi connectivity index (χ0n) is 11.3. The summed E-state index contributed by atoms with van der Waals surface area (Å²) in [5, 5.41) is 2.75. The van der Waals surface area contributed by atoms with E-state index in [1.54, 1.807) is 0 Å². The third-order valence-corrected chi connectivity index (χ3v) is 4.03. The van der Waals surface area contributed by atoms with Crippen molar-refractivity contribution in [3.05, 3.63) is 28.8 Å². The first-order valence-electron chi connectivity index (χ1n) is 6.23. The molecule has 1 aromatic carbocycles. The van der Waals surface area contributed by atoms with Crippen molar-refractivity contribution >= 4 is 27.3 Å².